The smallest absolute Gasteiger partial charge is 0.220 e. The van der Waals surface area contributed by atoms with Crippen molar-refractivity contribution in [3.05, 3.63) is 0 Å². The molecule has 0 heterocycles. The third-order valence-electron chi connectivity index (χ3n) is 3.31. The second-order valence-corrected chi connectivity index (χ2v) is 4.92. The van der Waals surface area contributed by atoms with Gasteiger partial charge in [-0.15, -0.1) is 0 Å². The molecule has 0 aromatic carbocycles. The van der Waals surface area contributed by atoms with Crippen molar-refractivity contribution in [3.8, 4) is 0 Å². The first-order chi connectivity index (χ1) is 7.09. The molecule has 0 saturated heterocycles. The van der Waals surface area contributed by atoms with Crippen LogP contribution in [0.25, 0.3) is 0 Å². The highest BCUT2D eigenvalue weighted by molar-refractivity contribution is 5.76. The van der Waals surface area contributed by atoms with Gasteiger partial charge >= 0.3 is 0 Å². The maximum absolute atomic E-state index is 11.5. The third-order valence-corrected chi connectivity index (χ3v) is 3.31. The van der Waals surface area contributed by atoms with Crippen LogP contribution in [0.4, 0.5) is 0 Å². The lowest BCUT2D eigenvalue weighted by atomic mass is 9.80. The summed E-state index contributed by atoms with van der Waals surface area (Å²) in [5, 5.41) is 3.08. The van der Waals surface area contributed by atoms with Gasteiger partial charge in [0.1, 0.15) is 0 Å². The molecule has 1 aliphatic carbocycles. The van der Waals surface area contributed by atoms with Gasteiger partial charge in [-0.3, -0.25) is 4.79 Å². The van der Waals surface area contributed by atoms with Gasteiger partial charge in [0, 0.05) is 18.5 Å². The number of hydrogen-bond acceptors (Lipinski definition) is 2. The number of nitrogens with one attached hydrogen (secondary N) is 1. The largest absolute Gasteiger partial charge is 0.353 e. The zero-order chi connectivity index (χ0) is 11.3. The van der Waals surface area contributed by atoms with E-state index in [0.29, 0.717) is 12.5 Å². The van der Waals surface area contributed by atoms with Crippen LogP contribution in [0.3, 0.4) is 0 Å². The van der Waals surface area contributed by atoms with E-state index in [0.717, 1.165) is 18.8 Å². The summed E-state index contributed by atoms with van der Waals surface area (Å²) in [5.74, 6) is 0.914. The van der Waals surface area contributed by atoms with Crippen molar-refractivity contribution in [1.29, 1.82) is 0 Å². The lowest BCUT2D eigenvalue weighted by Gasteiger charge is -2.31. The van der Waals surface area contributed by atoms with Gasteiger partial charge in [0.2, 0.25) is 5.91 Å². The van der Waals surface area contributed by atoms with Crippen LogP contribution in [0.15, 0.2) is 0 Å². The number of nitrogens with two attached hydrogens (primary N) is 1. The lowest BCUT2D eigenvalue weighted by molar-refractivity contribution is -0.122. The fourth-order valence-electron chi connectivity index (χ4n) is 1.97. The van der Waals surface area contributed by atoms with Gasteiger partial charge in [-0.05, 0) is 45.4 Å². The van der Waals surface area contributed by atoms with Gasteiger partial charge in [-0.25, -0.2) is 0 Å². The van der Waals surface area contributed by atoms with Crippen molar-refractivity contribution in [2.24, 2.45) is 11.7 Å². The van der Waals surface area contributed by atoms with Crippen LogP contribution in [-0.4, -0.2) is 18.0 Å². The molecule has 15 heavy (non-hydrogen) atoms. The summed E-state index contributed by atoms with van der Waals surface area (Å²) in [4.78, 5) is 11.5. The van der Waals surface area contributed by atoms with E-state index in [1.165, 1.54) is 19.3 Å². The molecule has 0 spiro atoms. The minimum atomic E-state index is 0.190. The van der Waals surface area contributed by atoms with E-state index in [2.05, 4.69) is 12.2 Å². The second-order valence-electron chi connectivity index (χ2n) is 4.92. The highest BCUT2D eigenvalue weighted by Crippen LogP contribution is 2.29. The third kappa shape index (κ3) is 4.65. The summed E-state index contributed by atoms with van der Waals surface area (Å²) < 4.78 is 0. The van der Waals surface area contributed by atoms with Crippen molar-refractivity contribution >= 4 is 5.91 Å². The van der Waals surface area contributed by atoms with Crippen molar-refractivity contribution in [2.45, 2.75) is 64.5 Å². The lowest BCUT2D eigenvalue weighted by Crippen LogP contribution is -2.40. The molecular formula is C12H24N2O. The Morgan fingerprint density at radius 3 is 2.60 bits per heavy atom. The van der Waals surface area contributed by atoms with Crippen LogP contribution in [-0.2, 0) is 4.79 Å². The number of rotatable bonds is 6. The molecule has 1 saturated carbocycles. The SMILES string of the molecule is CC(N)CCCC(=O)NC(C)C1CCC1. The minimum Gasteiger partial charge on any atom is -0.353 e. The number of carbonyl (C=O) groups is 1. The van der Waals surface area contributed by atoms with E-state index in [9.17, 15) is 4.79 Å². The fraction of sp³-hybridized carbons (Fsp3) is 0.917. The van der Waals surface area contributed by atoms with Crippen LogP contribution in [0.1, 0.15) is 52.4 Å². The van der Waals surface area contributed by atoms with Gasteiger partial charge in [0.05, 0.1) is 0 Å². The van der Waals surface area contributed by atoms with Gasteiger partial charge in [-0.2, -0.15) is 0 Å². The Balaban J connectivity index is 2.06. The van der Waals surface area contributed by atoms with Gasteiger partial charge < -0.3 is 11.1 Å². The first-order valence-electron chi connectivity index (χ1n) is 6.14. The molecule has 0 aliphatic heterocycles. The Morgan fingerprint density at radius 2 is 2.13 bits per heavy atom. The summed E-state index contributed by atoms with van der Waals surface area (Å²) in [5.41, 5.74) is 5.63. The first kappa shape index (κ1) is 12.5. The van der Waals surface area contributed by atoms with Crippen molar-refractivity contribution in [3.63, 3.8) is 0 Å². The number of amides is 1. The minimum absolute atomic E-state index is 0.190. The monoisotopic (exact) mass is 212 g/mol. The Morgan fingerprint density at radius 1 is 1.47 bits per heavy atom. The van der Waals surface area contributed by atoms with E-state index in [1.54, 1.807) is 0 Å². The molecule has 2 unspecified atom stereocenters. The molecule has 3 nitrogen and oxygen atoms in total. The van der Waals surface area contributed by atoms with Crippen LogP contribution < -0.4 is 11.1 Å². The van der Waals surface area contributed by atoms with Crippen molar-refractivity contribution in [1.82, 2.24) is 5.32 Å². The van der Waals surface area contributed by atoms with Crippen molar-refractivity contribution < 1.29 is 4.79 Å². The van der Waals surface area contributed by atoms with Gasteiger partial charge in [0.15, 0.2) is 0 Å². The molecule has 0 aromatic rings. The van der Waals surface area contributed by atoms with Crippen molar-refractivity contribution in [2.75, 3.05) is 0 Å². The molecule has 88 valence electrons. The first-order valence-corrected chi connectivity index (χ1v) is 6.14. The van der Waals surface area contributed by atoms with E-state index < -0.39 is 0 Å². The maximum atomic E-state index is 11.5. The summed E-state index contributed by atoms with van der Waals surface area (Å²) in [7, 11) is 0. The normalized spacial score (nSPS) is 20.5. The van der Waals surface area contributed by atoms with Gasteiger partial charge in [0.25, 0.3) is 0 Å². The summed E-state index contributed by atoms with van der Waals surface area (Å²) in [6, 6.07) is 0.573. The molecule has 0 bridgehead atoms. The highest BCUT2D eigenvalue weighted by Gasteiger charge is 2.24. The average Bonchev–Trinajstić information content (AvgIpc) is 1.98. The second kappa shape index (κ2) is 6.11. The maximum Gasteiger partial charge on any atom is 0.220 e. The molecule has 1 aliphatic rings. The van der Waals surface area contributed by atoms with Crippen LogP contribution in [0.5, 0.6) is 0 Å². The molecule has 2 atom stereocenters. The van der Waals surface area contributed by atoms with Crippen LogP contribution in [0.2, 0.25) is 0 Å². The molecule has 3 N–H and O–H groups in total. The molecule has 1 fully saturated rings. The molecule has 3 heteroatoms. The van der Waals surface area contributed by atoms with Crippen LogP contribution >= 0.6 is 0 Å². The predicted octanol–water partition coefficient (Wildman–Crippen LogP) is 1.81. The van der Waals surface area contributed by atoms with E-state index in [1.807, 2.05) is 6.92 Å². The Hall–Kier alpha value is -0.570. The summed E-state index contributed by atoms with van der Waals surface area (Å²) in [6.45, 7) is 4.10. The van der Waals surface area contributed by atoms with Gasteiger partial charge in [-0.1, -0.05) is 6.42 Å². The molecule has 0 aromatic heterocycles. The Labute approximate surface area is 92.8 Å². The highest BCUT2D eigenvalue weighted by atomic mass is 16.1. The molecule has 1 amide bonds. The zero-order valence-electron chi connectivity index (χ0n) is 9.96. The summed E-state index contributed by atoms with van der Waals surface area (Å²) >= 11 is 0. The van der Waals surface area contributed by atoms with E-state index in [4.69, 9.17) is 5.73 Å². The number of carbonyl (C=O) groups excluding carboxylic acids is 1. The Kier molecular flexibility index (Phi) is 5.09. The number of hydrogen-bond donors (Lipinski definition) is 2. The van der Waals surface area contributed by atoms with E-state index >= 15 is 0 Å². The average molecular weight is 212 g/mol. The Bertz CT molecular complexity index is 200. The zero-order valence-corrected chi connectivity index (χ0v) is 9.96. The topological polar surface area (TPSA) is 55.1 Å². The fourth-order valence-corrected chi connectivity index (χ4v) is 1.97. The van der Waals surface area contributed by atoms with Crippen LogP contribution in [0, 0.1) is 5.92 Å². The molecular weight excluding hydrogens is 188 g/mol. The molecule has 0 radical (unpaired) electrons. The quantitative estimate of drug-likeness (QED) is 0.705. The predicted molar refractivity (Wildman–Crippen MR) is 62.4 cm³/mol. The standard InChI is InChI=1S/C12H24N2O/c1-9(13)5-3-8-12(15)14-10(2)11-6-4-7-11/h9-11H,3-8,13H2,1-2H3,(H,14,15). The van der Waals surface area contributed by atoms with E-state index in [-0.39, 0.29) is 11.9 Å². The summed E-state index contributed by atoms with van der Waals surface area (Å²) in [6.07, 6.45) is 6.35. The molecule has 1 rings (SSSR count).